The molecule has 2 saturated carbocycles. The minimum absolute atomic E-state index is 0. The van der Waals surface area contributed by atoms with E-state index in [2.05, 4.69) is 105 Å². The molecule has 0 aromatic heterocycles. The number of benzene rings is 2. The second-order valence-corrected chi connectivity index (χ2v) is 23.7. The first-order valence-electron chi connectivity index (χ1n) is 16.7. The summed E-state index contributed by atoms with van der Waals surface area (Å²) in [6.45, 7) is 23.0. The fourth-order valence-electron chi connectivity index (χ4n) is 7.56. The third-order valence-corrected chi connectivity index (χ3v) is 10.6. The van der Waals surface area contributed by atoms with Gasteiger partial charge in [0.05, 0.1) is 0 Å². The van der Waals surface area contributed by atoms with Crippen molar-refractivity contribution in [1.82, 2.24) is 0 Å². The van der Waals surface area contributed by atoms with E-state index in [1.807, 2.05) is 0 Å². The molecule has 4 heteroatoms. The van der Waals surface area contributed by atoms with Crippen LogP contribution in [-0.4, -0.2) is 5.43 Å². The first-order valence-corrected chi connectivity index (χ1v) is 22.9. The fraction of sp³-hybridized carbons (Fsp3) is 0.550. The number of hydrogen-bond acceptors (Lipinski definition) is 0. The molecule has 0 spiro atoms. The van der Waals surface area contributed by atoms with Gasteiger partial charge < -0.3 is 24.8 Å². The number of rotatable bonds is 2. The smallest absolute Gasteiger partial charge is 0.0251 e. The van der Waals surface area contributed by atoms with E-state index < -0.39 is 0 Å². The molecular weight excluding hydrogens is 671 g/mol. The van der Waals surface area contributed by atoms with Gasteiger partial charge in [0.2, 0.25) is 0 Å². The maximum atomic E-state index is 2.41. The normalized spacial score (nSPS) is 21.4. The number of halogens is 2. The average molecular weight is 727 g/mol. The summed E-state index contributed by atoms with van der Waals surface area (Å²) in [6, 6.07) is 14.2. The third kappa shape index (κ3) is 9.24. The van der Waals surface area contributed by atoms with Crippen molar-refractivity contribution < 1.29 is 48.1 Å². The maximum absolute atomic E-state index is 2.41. The first-order chi connectivity index (χ1) is 19.9. The molecule has 2 aliphatic rings. The van der Waals surface area contributed by atoms with Gasteiger partial charge in [-0.2, -0.15) is 11.1 Å². The van der Waals surface area contributed by atoms with Crippen LogP contribution in [0.25, 0.3) is 21.5 Å². The molecule has 0 saturated heterocycles. The predicted octanol–water partition coefficient (Wildman–Crippen LogP) is 6.35. The molecule has 6 rings (SSSR count). The first kappa shape index (κ1) is 39.5. The summed E-state index contributed by atoms with van der Waals surface area (Å²) in [6.07, 6.45) is 11.1. The Bertz CT molecular complexity index is 1410. The average Bonchev–Trinajstić information content (AvgIpc) is 3.42. The molecule has 0 amide bonds. The van der Waals surface area contributed by atoms with E-state index in [4.69, 9.17) is 0 Å². The van der Waals surface area contributed by atoms with E-state index in [1.165, 1.54) is 95.5 Å². The summed E-state index contributed by atoms with van der Waals surface area (Å²) >= 11 is 1.74. The maximum Gasteiger partial charge on any atom is -0.0251 e. The van der Waals surface area contributed by atoms with Gasteiger partial charge in [0.1, 0.15) is 0 Å². The Balaban J connectivity index is 0.000000263. The molecule has 0 atom stereocenters. The zero-order chi connectivity index (χ0) is 30.7. The molecule has 0 heterocycles. The zero-order valence-electron chi connectivity index (χ0n) is 29.2. The van der Waals surface area contributed by atoms with Crippen molar-refractivity contribution in [3.05, 3.63) is 80.9 Å². The molecule has 240 valence electrons. The van der Waals surface area contributed by atoms with Crippen LogP contribution >= 0.6 is 0 Å². The number of fused-ring (bicyclic) bond motifs is 2. The summed E-state index contributed by atoms with van der Waals surface area (Å²) in [5, 5.41) is 6.12. The Hall–Kier alpha value is -0.660. The molecule has 4 aromatic carbocycles. The third-order valence-electron chi connectivity index (χ3n) is 10.6. The van der Waals surface area contributed by atoms with Gasteiger partial charge in [-0.1, -0.05) is 104 Å². The molecule has 0 radical (unpaired) electrons. The van der Waals surface area contributed by atoms with Crippen LogP contribution in [0.2, 0.25) is 13.1 Å². The van der Waals surface area contributed by atoms with Crippen LogP contribution in [0.4, 0.5) is 0 Å². The molecule has 0 N–H and O–H groups in total. The number of aryl methyl sites for hydroxylation is 6. The van der Waals surface area contributed by atoms with Crippen LogP contribution in [-0.2, 0) is 23.3 Å². The summed E-state index contributed by atoms with van der Waals surface area (Å²) in [5.41, 5.74) is 12.2. The minimum atomic E-state index is 0. The van der Waals surface area contributed by atoms with Gasteiger partial charge in [0.15, 0.2) is 0 Å². The molecule has 0 unspecified atom stereocenters. The monoisotopic (exact) mass is 724 g/mol. The van der Waals surface area contributed by atoms with Gasteiger partial charge in [-0.05, 0) is 49.4 Å². The van der Waals surface area contributed by atoms with Crippen LogP contribution in [0.15, 0.2) is 36.4 Å². The van der Waals surface area contributed by atoms with Crippen molar-refractivity contribution in [2.24, 2.45) is 11.8 Å². The van der Waals surface area contributed by atoms with E-state index in [9.17, 15) is 0 Å². The predicted molar refractivity (Wildman–Crippen MR) is 186 cm³/mol. The van der Waals surface area contributed by atoms with Crippen LogP contribution in [0.1, 0.15) is 122 Å². The molecular formula is C40H56Cl2SiZr-2. The Morgan fingerprint density at radius 3 is 1.16 bits per heavy atom. The van der Waals surface area contributed by atoms with E-state index in [0.717, 1.165) is 23.7 Å². The second kappa shape index (κ2) is 17.5. The van der Waals surface area contributed by atoms with Crippen molar-refractivity contribution in [3.63, 3.8) is 0 Å². The van der Waals surface area contributed by atoms with Crippen LogP contribution in [0.5, 0.6) is 0 Å². The van der Waals surface area contributed by atoms with Crippen molar-refractivity contribution in [2.75, 3.05) is 0 Å². The van der Waals surface area contributed by atoms with Crippen LogP contribution < -0.4 is 24.8 Å². The van der Waals surface area contributed by atoms with Crippen LogP contribution in [0, 0.1) is 53.4 Å². The summed E-state index contributed by atoms with van der Waals surface area (Å²) in [5.74, 6) is 3.44. The van der Waals surface area contributed by atoms with Crippen molar-refractivity contribution >= 4 is 27.0 Å². The Kier molecular flexibility index (Phi) is 15.7. The molecule has 2 fully saturated rings. The fourth-order valence-corrected chi connectivity index (χ4v) is 7.56. The summed E-state index contributed by atoms with van der Waals surface area (Å²) in [4.78, 5) is 0. The van der Waals surface area contributed by atoms with E-state index in [1.54, 1.807) is 45.2 Å². The molecule has 44 heavy (non-hydrogen) atoms. The van der Waals surface area contributed by atoms with Crippen molar-refractivity contribution in [3.8, 4) is 0 Å². The van der Waals surface area contributed by atoms with Gasteiger partial charge in [-0.3, -0.25) is 0 Å². The van der Waals surface area contributed by atoms with Crippen molar-refractivity contribution in [2.45, 2.75) is 132 Å². The van der Waals surface area contributed by atoms with Gasteiger partial charge in [0.25, 0.3) is 0 Å². The molecule has 0 nitrogen and oxygen atoms in total. The van der Waals surface area contributed by atoms with Gasteiger partial charge in [-0.15, -0.1) is 68.1 Å². The van der Waals surface area contributed by atoms with Gasteiger partial charge in [-0.25, -0.2) is 0 Å². The van der Waals surface area contributed by atoms with Crippen molar-refractivity contribution in [1.29, 1.82) is 0 Å². The largest absolute Gasteiger partial charge is 1.00 e. The van der Waals surface area contributed by atoms with E-state index in [0.29, 0.717) is 0 Å². The molecule has 0 aliphatic heterocycles. The quantitative estimate of drug-likeness (QED) is 0.167. The Morgan fingerprint density at radius 2 is 0.864 bits per heavy atom. The zero-order valence-corrected chi connectivity index (χ0v) is 34.2. The second-order valence-electron chi connectivity index (χ2n) is 14.3. The molecule has 2 aliphatic carbocycles. The summed E-state index contributed by atoms with van der Waals surface area (Å²) < 4.78 is 0. The summed E-state index contributed by atoms with van der Waals surface area (Å²) in [7, 11) is 0. The minimum Gasteiger partial charge on any atom is -1.00 e. The van der Waals surface area contributed by atoms with Gasteiger partial charge in [0, 0.05) is 0 Å². The SMILES string of the molecule is C[Si](C)=[Zr+2].Cc1[cH-]c2c(C)ccc(C3CCC(C)CC3)c2c1C.Cc1[cH-]c2c(C)ccc(C3CCC(C)CC3)c2c1C.[Cl-].[Cl-]. The van der Waals surface area contributed by atoms with Crippen LogP contribution in [0.3, 0.4) is 0 Å². The molecule has 0 bridgehead atoms. The number of hydrogen-bond donors (Lipinski definition) is 0. The Morgan fingerprint density at radius 1 is 0.568 bits per heavy atom. The van der Waals surface area contributed by atoms with Gasteiger partial charge >= 0.3 is 41.9 Å². The Labute approximate surface area is 297 Å². The van der Waals surface area contributed by atoms with E-state index >= 15 is 0 Å². The van der Waals surface area contributed by atoms with E-state index in [-0.39, 0.29) is 30.2 Å². The molecule has 4 aromatic rings. The standard InChI is InChI=1S/2C19H25.C2H6Si.2ClH.Zr/c2*1-12-5-8-16(9-6-12)17-10-7-13(2)18-11-14(3)15(4)19(17)18;1-3-2;;;/h2*7,10-12,16H,5-6,8-9H2,1-4H3;1-2H3;2*1H;/q2*-1;;;;+2/p-2. The topological polar surface area (TPSA) is 0 Å².